The zero-order valence-corrected chi connectivity index (χ0v) is 17.6. The van der Waals surface area contributed by atoms with Gasteiger partial charge in [0.15, 0.2) is 11.5 Å². The van der Waals surface area contributed by atoms with Gasteiger partial charge in [0.25, 0.3) is 0 Å². The van der Waals surface area contributed by atoms with E-state index in [1.807, 2.05) is 30.6 Å². The summed E-state index contributed by atoms with van der Waals surface area (Å²) < 4.78 is 11.0. The van der Waals surface area contributed by atoms with Crippen molar-refractivity contribution in [1.82, 2.24) is 15.2 Å². The minimum absolute atomic E-state index is 0.0255. The molecule has 1 aromatic heterocycles. The second-order valence-corrected chi connectivity index (χ2v) is 7.99. The Hall–Kier alpha value is -2.12. The van der Waals surface area contributed by atoms with Crippen LogP contribution in [0, 0.1) is 5.92 Å². The quantitative estimate of drug-likeness (QED) is 0.729. The Balaban J connectivity index is 1.75. The molecule has 1 N–H and O–H groups in total. The fraction of sp³-hybridized carbons (Fsp3) is 0.524. The van der Waals surface area contributed by atoms with E-state index in [4.69, 9.17) is 9.47 Å². The van der Waals surface area contributed by atoms with Crippen molar-refractivity contribution < 1.29 is 14.3 Å². The third-order valence-electron chi connectivity index (χ3n) is 5.25. The van der Waals surface area contributed by atoms with E-state index in [9.17, 15) is 4.79 Å². The lowest BCUT2D eigenvalue weighted by Gasteiger charge is -2.36. The maximum absolute atomic E-state index is 12.1. The number of nitrogens with one attached hydrogen (secondary N) is 1. The largest absolute Gasteiger partial charge is 0.493 e. The van der Waals surface area contributed by atoms with Gasteiger partial charge >= 0.3 is 0 Å². The Morgan fingerprint density at radius 3 is 2.93 bits per heavy atom. The Labute approximate surface area is 170 Å². The molecule has 1 saturated heterocycles. The summed E-state index contributed by atoms with van der Waals surface area (Å²) in [6.45, 7) is 4.62. The van der Waals surface area contributed by atoms with Crippen LogP contribution in [0.15, 0.2) is 29.8 Å². The number of piperidine rings is 1. The van der Waals surface area contributed by atoms with Crippen LogP contribution < -0.4 is 14.8 Å². The van der Waals surface area contributed by atoms with E-state index in [1.165, 1.54) is 0 Å². The van der Waals surface area contributed by atoms with Crippen molar-refractivity contribution in [2.24, 2.45) is 5.92 Å². The zero-order chi connectivity index (χ0) is 19.9. The number of carbonyl (C=O) groups is 1. The van der Waals surface area contributed by atoms with E-state index in [2.05, 4.69) is 21.3 Å². The van der Waals surface area contributed by atoms with Gasteiger partial charge in [-0.2, -0.15) is 0 Å². The van der Waals surface area contributed by atoms with Gasteiger partial charge in [-0.3, -0.25) is 9.69 Å². The van der Waals surface area contributed by atoms with E-state index in [1.54, 1.807) is 25.6 Å². The molecule has 152 valence electrons. The molecular formula is C21H29N3O3S. The molecule has 0 radical (unpaired) electrons. The van der Waals surface area contributed by atoms with Gasteiger partial charge in [-0.25, -0.2) is 4.98 Å². The van der Waals surface area contributed by atoms with Gasteiger partial charge in [0, 0.05) is 36.7 Å². The molecule has 2 atom stereocenters. The standard InChI is InChI=1S/C21H29N3O3S/c1-4-18(25)23-19(21-22-10-12-28-21)15-8-6-11-24(13-15)14-16-7-5-9-17(26-2)20(16)27-3/h5,7,9-10,12,15,19H,4,6,8,11,13-14H2,1-3H3,(H,23,25)/t15-,19+/m0/s1. The number of hydrogen-bond donors (Lipinski definition) is 1. The molecule has 6 nitrogen and oxygen atoms in total. The average Bonchev–Trinajstić information content (AvgIpc) is 3.26. The summed E-state index contributed by atoms with van der Waals surface area (Å²) in [6, 6.07) is 5.97. The number of methoxy groups -OCH3 is 2. The molecule has 0 unspecified atom stereocenters. The molecule has 0 saturated carbocycles. The lowest BCUT2D eigenvalue weighted by Crippen LogP contribution is -2.42. The number of amides is 1. The van der Waals surface area contributed by atoms with Crippen LogP contribution in [0.1, 0.15) is 42.8 Å². The van der Waals surface area contributed by atoms with E-state index in [0.29, 0.717) is 12.3 Å². The van der Waals surface area contributed by atoms with Crippen LogP contribution in [-0.2, 0) is 11.3 Å². The SMILES string of the molecule is CCC(=O)N[C@@H](c1nccs1)[C@H]1CCCN(Cc2cccc(OC)c2OC)C1. The molecule has 0 bridgehead atoms. The Bertz CT molecular complexity index is 766. The fourth-order valence-corrected chi connectivity index (χ4v) is 4.65. The van der Waals surface area contributed by atoms with Gasteiger partial charge in [-0.15, -0.1) is 11.3 Å². The number of hydrogen-bond acceptors (Lipinski definition) is 6. The van der Waals surface area contributed by atoms with Crippen LogP contribution in [0.5, 0.6) is 11.5 Å². The third-order valence-corrected chi connectivity index (χ3v) is 6.11. The lowest BCUT2D eigenvalue weighted by molar-refractivity contribution is -0.122. The number of benzene rings is 1. The molecule has 0 aliphatic carbocycles. The van der Waals surface area contributed by atoms with Crippen molar-refractivity contribution in [2.75, 3.05) is 27.3 Å². The van der Waals surface area contributed by atoms with Crippen molar-refractivity contribution in [2.45, 2.75) is 38.8 Å². The van der Waals surface area contributed by atoms with E-state index in [-0.39, 0.29) is 11.9 Å². The maximum atomic E-state index is 12.1. The number of nitrogens with zero attached hydrogens (tertiary/aromatic N) is 2. The van der Waals surface area contributed by atoms with Crippen LogP contribution in [-0.4, -0.2) is 43.1 Å². The number of aromatic nitrogens is 1. The molecule has 1 aromatic carbocycles. The minimum Gasteiger partial charge on any atom is -0.493 e. The number of thiazole rings is 1. The molecule has 3 rings (SSSR count). The van der Waals surface area contributed by atoms with Crippen molar-refractivity contribution in [3.63, 3.8) is 0 Å². The summed E-state index contributed by atoms with van der Waals surface area (Å²) in [5.74, 6) is 1.96. The number of carbonyl (C=O) groups excluding carboxylic acids is 1. The number of rotatable bonds is 8. The second kappa shape index (κ2) is 9.89. The first-order valence-corrected chi connectivity index (χ1v) is 10.6. The highest BCUT2D eigenvalue weighted by Gasteiger charge is 2.31. The van der Waals surface area contributed by atoms with E-state index < -0.39 is 0 Å². The van der Waals surface area contributed by atoms with Crippen LogP contribution in [0.25, 0.3) is 0 Å². The summed E-state index contributed by atoms with van der Waals surface area (Å²) in [7, 11) is 3.34. The normalized spacial score (nSPS) is 18.5. The Morgan fingerprint density at radius 2 is 2.25 bits per heavy atom. The Kier molecular flexibility index (Phi) is 7.28. The number of para-hydroxylation sites is 1. The molecule has 1 amide bonds. The van der Waals surface area contributed by atoms with E-state index in [0.717, 1.165) is 54.5 Å². The smallest absolute Gasteiger partial charge is 0.220 e. The summed E-state index contributed by atoms with van der Waals surface area (Å²) in [6.07, 6.45) is 4.48. The van der Waals surface area contributed by atoms with Gasteiger partial charge in [-0.1, -0.05) is 19.1 Å². The van der Waals surface area contributed by atoms with Gasteiger partial charge in [0.05, 0.1) is 20.3 Å². The van der Waals surface area contributed by atoms with Crippen molar-refractivity contribution in [1.29, 1.82) is 0 Å². The van der Waals surface area contributed by atoms with Crippen LogP contribution in [0.3, 0.4) is 0 Å². The predicted molar refractivity (Wildman–Crippen MR) is 111 cm³/mol. The molecule has 1 aliphatic rings. The number of ether oxygens (including phenoxy) is 2. The fourth-order valence-electron chi connectivity index (χ4n) is 3.87. The summed E-state index contributed by atoms with van der Waals surface area (Å²) in [5, 5.41) is 6.17. The predicted octanol–water partition coefficient (Wildman–Crippen LogP) is 3.64. The zero-order valence-electron chi connectivity index (χ0n) is 16.8. The van der Waals surface area contributed by atoms with Crippen molar-refractivity contribution in [3.05, 3.63) is 40.3 Å². The monoisotopic (exact) mass is 403 g/mol. The van der Waals surface area contributed by atoms with E-state index >= 15 is 0 Å². The molecule has 1 aliphatic heterocycles. The molecule has 28 heavy (non-hydrogen) atoms. The lowest BCUT2D eigenvalue weighted by atomic mass is 9.90. The van der Waals surface area contributed by atoms with Crippen LogP contribution in [0.4, 0.5) is 0 Å². The van der Waals surface area contributed by atoms with Crippen molar-refractivity contribution >= 4 is 17.2 Å². The summed E-state index contributed by atoms with van der Waals surface area (Å²) in [5.41, 5.74) is 1.12. The maximum Gasteiger partial charge on any atom is 0.220 e. The Morgan fingerprint density at radius 1 is 1.39 bits per heavy atom. The van der Waals surface area contributed by atoms with Gasteiger partial charge in [-0.05, 0) is 31.4 Å². The van der Waals surface area contributed by atoms with Crippen LogP contribution in [0.2, 0.25) is 0 Å². The second-order valence-electron chi connectivity index (χ2n) is 7.06. The molecular weight excluding hydrogens is 374 g/mol. The summed E-state index contributed by atoms with van der Waals surface area (Å²) in [4.78, 5) is 19.0. The third kappa shape index (κ3) is 4.83. The van der Waals surface area contributed by atoms with Gasteiger partial charge in [0.2, 0.25) is 5.91 Å². The minimum atomic E-state index is -0.0255. The first-order valence-electron chi connectivity index (χ1n) is 9.77. The van der Waals surface area contributed by atoms with Gasteiger partial charge < -0.3 is 14.8 Å². The van der Waals surface area contributed by atoms with Gasteiger partial charge in [0.1, 0.15) is 5.01 Å². The first-order chi connectivity index (χ1) is 13.7. The highest BCUT2D eigenvalue weighted by atomic mass is 32.1. The average molecular weight is 404 g/mol. The molecule has 0 spiro atoms. The topological polar surface area (TPSA) is 63.7 Å². The molecule has 2 aromatic rings. The first kappa shape index (κ1) is 20.6. The van der Waals surface area contributed by atoms with Crippen LogP contribution >= 0.6 is 11.3 Å². The molecule has 2 heterocycles. The molecule has 1 fully saturated rings. The number of likely N-dealkylation sites (tertiary alicyclic amines) is 1. The molecule has 7 heteroatoms. The highest BCUT2D eigenvalue weighted by molar-refractivity contribution is 7.09. The summed E-state index contributed by atoms with van der Waals surface area (Å²) >= 11 is 1.61. The highest BCUT2D eigenvalue weighted by Crippen LogP contribution is 2.35. The van der Waals surface area contributed by atoms with Crippen molar-refractivity contribution in [3.8, 4) is 11.5 Å².